The van der Waals surface area contributed by atoms with Gasteiger partial charge in [-0.3, -0.25) is 0 Å². The van der Waals surface area contributed by atoms with Crippen LogP contribution in [0.15, 0.2) is 12.4 Å². The van der Waals surface area contributed by atoms with E-state index < -0.39 is 0 Å². The predicted octanol–water partition coefficient (Wildman–Crippen LogP) is 2.07. The molecule has 2 aliphatic rings. The molecule has 26 heavy (non-hydrogen) atoms. The van der Waals surface area contributed by atoms with Gasteiger partial charge in [0.15, 0.2) is 11.5 Å². The lowest BCUT2D eigenvalue weighted by Crippen LogP contribution is -2.44. The van der Waals surface area contributed by atoms with Gasteiger partial charge in [-0.2, -0.15) is 0 Å². The van der Waals surface area contributed by atoms with E-state index in [1.54, 1.807) is 0 Å². The molecule has 0 bridgehead atoms. The molecule has 3 heterocycles. The number of ether oxygens (including phenoxy) is 3. The molecule has 2 aliphatic heterocycles. The van der Waals surface area contributed by atoms with Crippen LogP contribution >= 0.6 is 11.6 Å². The maximum Gasteiger partial charge on any atom is 0.204 e. The van der Waals surface area contributed by atoms with Gasteiger partial charge in [0.1, 0.15) is 24.7 Å². The Morgan fingerprint density at radius 2 is 1.88 bits per heavy atom. The fourth-order valence-electron chi connectivity index (χ4n) is 3.32. The first-order valence-electron chi connectivity index (χ1n) is 8.99. The lowest BCUT2D eigenvalue weighted by atomic mass is 10.2. The van der Waals surface area contributed by atoms with E-state index in [9.17, 15) is 0 Å². The summed E-state index contributed by atoms with van der Waals surface area (Å²) in [4.78, 5) is 13.2. The molecule has 0 amide bonds. The van der Waals surface area contributed by atoms with Gasteiger partial charge in [0.05, 0.1) is 17.5 Å². The van der Waals surface area contributed by atoms with E-state index in [-0.39, 0.29) is 0 Å². The maximum atomic E-state index is 6.23. The fourth-order valence-corrected chi connectivity index (χ4v) is 3.55. The molecule has 1 saturated heterocycles. The number of piperazine rings is 1. The highest BCUT2D eigenvalue weighted by atomic mass is 35.5. The Kier molecular flexibility index (Phi) is 5.28. The minimum Gasteiger partial charge on any atom is -0.489 e. The van der Waals surface area contributed by atoms with Crippen molar-refractivity contribution in [1.82, 2.24) is 19.8 Å². The van der Waals surface area contributed by atoms with Gasteiger partial charge >= 0.3 is 0 Å². The second kappa shape index (κ2) is 7.82. The molecule has 0 saturated carbocycles. The zero-order valence-electron chi connectivity index (χ0n) is 14.9. The number of rotatable bonds is 5. The number of fused-ring (bicyclic) bond motifs is 3. The van der Waals surface area contributed by atoms with Gasteiger partial charge < -0.3 is 24.0 Å². The highest BCUT2D eigenvalue weighted by molar-refractivity contribution is 6.34. The number of hydrogen-bond donors (Lipinski definition) is 0. The van der Waals surface area contributed by atoms with Gasteiger partial charge in [0, 0.05) is 38.8 Å². The Hall–Kier alpha value is -1.83. The molecule has 1 fully saturated rings. The van der Waals surface area contributed by atoms with Crippen molar-refractivity contribution >= 4 is 22.5 Å². The van der Waals surface area contributed by atoms with Crippen LogP contribution in [0.3, 0.4) is 0 Å². The second-order valence-electron chi connectivity index (χ2n) is 6.64. The zero-order valence-corrected chi connectivity index (χ0v) is 15.7. The van der Waals surface area contributed by atoms with Crippen molar-refractivity contribution in [1.29, 1.82) is 0 Å². The van der Waals surface area contributed by atoms with E-state index in [0.717, 1.165) is 39.1 Å². The summed E-state index contributed by atoms with van der Waals surface area (Å²) in [6.45, 7) is 7.11. The van der Waals surface area contributed by atoms with Crippen molar-refractivity contribution in [3.63, 3.8) is 0 Å². The molecule has 0 aliphatic carbocycles. The third-order valence-electron chi connectivity index (χ3n) is 4.80. The van der Waals surface area contributed by atoms with Crippen LogP contribution in [0.2, 0.25) is 5.15 Å². The summed E-state index contributed by atoms with van der Waals surface area (Å²) in [6, 6.07) is 1.85. The Labute approximate surface area is 157 Å². The van der Waals surface area contributed by atoms with Crippen LogP contribution in [0.5, 0.6) is 17.2 Å². The first-order valence-corrected chi connectivity index (χ1v) is 9.36. The monoisotopic (exact) mass is 378 g/mol. The topological polar surface area (TPSA) is 60.0 Å². The molecule has 4 rings (SSSR count). The summed E-state index contributed by atoms with van der Waals surface area (Å²) < 4.78 is 17.6. The van der Waals surface area contributed by atoms with Gasteiger partial charge in [0.25, 0.3) is 0 Å². The van der Waals surface area contributed by atoms with E-state index in [4.69, 9.17) is 25.8 Å². The summed E-state index contributed by atoms with van der Waals surface area (Å²) >= 11 is 6.23. The molecule has 1 aromatic heterocycles. The largest absolute Gasteiger partial charge is 0.489 e. The average Bonchev–Trinajstić information content (AvgIpc) is 2.66. The standard InChI is InChI=1S/C18H23ClN4O3/c1-22-4-6-23(7-5-22)3-2-8-24-14-11-13-15(18(19)21-12-20-13)17-16(14)25-9-10-26-17/h11-12H,2-10H2,1H3. The Morgan fingerprint density at radius 1 is 1.12 bits per heavy atom. The van der Waals surface area contributed by atoms with Crippen LogP contribution in [-0.2, 0) is 0 Å². The number of hydrogen-bond acceptors (Lipinski definition) is 7. The van der Waals surface area contributed by atoms with Crippen molar-refractivity contribution in [2.24, 2.45) is 0 Å². The molecule has 0 atom stereocenters. The molecule has 0 unspecified atom stereocenters. The van der Waals surface area contributed by atoms with E-state index in [1.807, 2.05) is 6.07 Å². The predicted molar refractivity (Wildman–Crippen MR) is 99.6 cm³/mol. The quantitative estimate of drug-likeness (QED) is 0.583. The molecular formula is C18H23ClN4O3. The first kappa shape index (κ1) is 17.6. The number of aromatic nitrogens is 2. The molecule has 8 heteroatoms. The van der Waals surface area contributed by atoms with Gasteiger partial charge in [-0.1, -0.05) is 11.6 Å². The van der Waals surface area contributed by atoms with Gasteiger partial charge in [-0.15, -0.1) is 0 Å². The van der Waals surface area contributed by atoms with Crippen molar-refractivity contribution < 1.29 is 14.2 Å². The average molecular weight is 379 g/mol. The van der Waals surface area contributed by atoms with E-state index in [2.05, 4.69) is 26.8 Å². The summed E-state index contributed by atoms with van der Waals surface area (Å²) in [5.41, 5.74) is 0.698. The van der Waals surface area contributed by atoms with Crippen LogP contribution in [0, 0.1) is 0 Å². The molecule has 7 nitrogen and oxygen atoms in total. The number of benzene rings is 1. The van der Waals surface area contributed by atoms with Crippen LogP contribution in [0.1, 0.15) is 6.42 Å². The van der Waals surface area contributed by atoms with Crippen LogP contribution in [-0.4, -0.2) is 79.4 Å². The highest BCUT2D eigenvalue weighted by Gasteiger charge is 2.24. The minimum atomic E-state index is 0.360. The molecule has 1 aromatic carbocycles. The van der Waals surface area contributed by atoms with E-state index in [0.29, 0.717) is 53.1 Å². The Balaban J connectivity index is 1.45. The summed E-state index contributed by atoms with van der Waals surface area (Å²) in [6.07, 6.45) is 2.40. The summed E-state index contributed by atoms with van der Waals surface area (Å²) in [7, 11) is 2.17. The summed E-state index contributed by atoms with van der Waals surface area (Å²) in [5.74, 6) is 1.83. The van der Waals surface area contributed by atoms with Gasteiger partial charge in [-0.05, 0) is 13.5 Å². The number of likely N-dealkylation sites (N-methyl/N-ethyl adjacent to an activating group) is 1. The van der Waals surface area contributed by atoms with E-state index >= 15 is 0 Å². The third-order valence-corrected chi connectivity index (χ3v) is 5.09. The van der Waals surface area contributed by atoms with Gasteiger partial charge in [-0.25, -0.2) is 9.97 Å². The highest BCUT2D eigenvalue weighted by Crippen LogP contribution is 2.46. The molecular weight excluding hydrogens is 356 g/mol. The normalized spacial score (nSPS) is 18.2. The SMILES string of the molecule is CN1CCN(CCCOc2cc3ncnc(Cl)c3c3c2OCCO3)CC1. The summed E-state index contributed by atoms with van der Waals surface area (Å²) in [5, 5.41) is 1.03. The first-order chi connectivity index (χ1) is 12.7. The van der Waals surface area contributed by atoms with Crippen LogP contribution in [0.4, 0.5) is 0 Å². The molecule has 0 spiro atoms. The second-order valence-corrected chi connectivity index (χ2v) is 6.99. The fraction of sp³-hybridized carbons (Fsp3) is 0.556. The maximum absolute atomic E-state index is 6.23. The minimum absolute atomic E-state index is 0.360. The Morgan fingerprint density at radius 3 is 2.69 bits per heavy atom. The lowest BCUT2D eigenvalue weighted by molar-refractivity contribution is 0.142. The van der Waals surface area contributed by atoms with Crippen molar-refractivity contribution in [3.8, 4) is 17.2 Å². The smallest absolute Gasteiger partial charge is 0.204 e. The molecule has 2 aromatic rings. The zero-order chi connectivity index (χ0) is 17.9. The van der Waals surface area contributed by atoms with Crippen LogP contribution < -0.4 is 14.2 Å². The van der Waals surface area contributed by atoms with Crippen molar-refractivity contribution in [3.05, 3.63) is 17.5 Å². The van der Waals surface area contributed by atoms with Gasteiger partial charge in [0.2, 0.25) is 5.75 Å². The van der Waals surface area contributed by atoms with Crippen LogP contribution in [0.25, 0.3) is 10.9 Å². The molecule has 0 radical (unpaired) electrons. The third kappa shape index (κ3) is 3.65. The van der Waals surface area contributed by atoms with Crippen molar-refractivity contribution in [2.45, 2.75) is 6.42 Å². The lowest BCUT2D eigenvalue weighted by Gasteiger charge is -2.32. The molecule has 0 N–H and O–H groups in total. The Bertz CT molecular complexity index is 781. The number of nitrogens with zero attached hydrogens (tertiary/aromatic N) is 4. The van der Waals surface area contributed by atoms with E-state index in [1.165, 1.54) is 6.33 Å². The van der Waals surface area contributed by atoms with Crippen molar-refractivity contribution in [2.75, 3.05) is 59.6 Å². The number of halogens is 1. The molecule has 140 valence electrons.